The number of benzene rings is 2. The molecule has 0 spiro atoms. The Morgan fingerprint density at radius 2 is 1.65 bits per heavy atom. The van der Waals surface area contributed by atoms with Gasteiger partial charge in [0.05, 0.1) is 5.92 Å². The summed E-state index contributed by atoms with van der Waals surface area (Å²) in [6, 6.07) is 17.3. The molecule has 0 saturated carbocycles. The van der Waals surface area contributed by atoms with E-state index in [1.54, 1.807) is 12.1 Å². The monoisotopic (exact) mass is 310 g/mol. The summed E-state index contributed by atoms with van der Waals surface area (Å²) in [5, 5.41) is 9.36. The molecule has 0 amide bonds. The van der Waals surface area contributed by atoms with Crippen LogP contribution in [-0.4, -0.2) is 16.9 Å². The number of aryl methyl sites for hydroxylation is 2. The van der Waals surface area contributed by atoms with Crippen molar-refractivity contribution in [2.45, 2.75) is 32.6 Å². The van der Waals surface area contributed by atoms with Crippen LogP contribution >= 0.6 is 0 Å². The fraction of sp³-hybridized carbons (Fsp3) is 0.300. The molecule has 0 aliphatic rings. The number of Topliss-reactive ketones (excluding diaryl/α,β-unsaturated/α-hetero) is 1. The van der Waals surface area contributed by atoms with Crippen LogP contribution < -0.4 is 0 Å². The fourth-order valence-corrected chi connectivity index (χ4v) is 2.59. The van der Waals surface area contributed by atoms with E-state index < -0.39 is 11.9 Å². The van der Waals surface area contributed by atoms with Gasteiger partial charge in [0.15, 0.2) is 5.78 Å². The summed E-state index contributed by atoms with van der Waals surface area (Å²) < 4.78 is 0. The molecule has 0 saturated heterocycles. The van der Waals surface area contributed by atoms with Gasteiger partial charge in [-0.1, -0.05) is 60.2 Å². The van der Waals surface area contributed by atoms with Crippen molar-refractivity contribution in [1.29, 1.82) is 0 Å². The highest BCUT2D eigenvalue weighted by Gasteiger charge is 2.21. The first kappa shape index (κ1) is 16.9. The van der Waals surface area contributed by atoms with Crippen LogP contribution in [0.15, 0.2) is 54.6 Å². The highest BCUT2D eigenvalue weighted by Crippen LogP contribution is 2.18. The Hall–Kier alpha value is -2.42. The van der Waals surface area contributed by atoms with Gasteiger partial charge < -0.3 is 5.11 Å². The van der Waals surface area contributed by atoms with Gasteiger partial charge in [-0.15, -0.1) is 0 Å². The summed E-state index contributed by atoms with van der Waals surface area (Å²) in [6.07, 6.45) is 2.18. The summed E-state index contributed by atoms with van der Waals surface area (Å²) in [5.41, 5.74) is 2.87. The number of carbonyl (C=O) groups is 2. The lowest BCUT2D eigenvalue weighted by atomic mass is 9.92. The van der Waals surface area contributed by atoms with Crippen LogP contribution in [0.25, 0.3) is 0 Å². The smallest absolute Gasteiger partial charge is 0.306 e. The number of hydrogen-bond acceptors (Lipinski definition) is 2. The molecule has 1 atom stereocenters. The largest absolute Gasteiger partial charge is 0.481 e. The zero-order chi connectivity index (χ0) is 16.7. The lowest BCUT2D eigenvalue weighted by molar-refractivity contribution is -0.141. The summed E-state index contributed by atoms with van der Waals surface area (Å²) in [7, 11) is 0. The van der Waals surface area contributed by atoms with Crippen molar-refractivity contribution in [1.82, 2.24) is 0 Å². The average Bonchev–Trinajstić information content (AvgIpc) is 2.55. The van der Waals surface area contributed by atoms with E-state index in [2.05, 4.69) is 0 Å². The maximum atomic E-state index is 12.2. The van der Waals surface area contributed by atoms with Gasteiger partial charge in [-0.2, -0.15) is 0 Å². The lowest BCUT2D eigenvalue weighted by Gasteiger charge is -2.12. The molecule has 1 unspecified atom stereocenters. The predicted octanol–water partition coefficient (Wildman–Crippen LogP) is 4.29. The third kappa shape index (κ3) is 5.37. The molecule has 2 aromatic rings. The van der Waals surface area contributed by atoms with E-state index in [4.69, 9.17) is 0 Å². The van der Waals surface area contributed by atoms with Crippen LogP contribution in [0.3, 0.4) is 0 Å². The van der Waals surface area contributed by atoms with Crippen molar-refractivity contribution in [2.24, 2.45) is 5.92 Å². The molecule has 3 heteroatoms. The van der Waals surface area contributed by atoms with Crippen molar-refractivity contribution in [2.75, 3.05) is 0 Å². The van der Waals surface area contributed by atoms with Gasteiger partial charge in [0.1, 0.15) is 0 Å². The first-order chi connectivity index (χ1) is 11.1. The second-order valence-corrected chi connectivity index (χ2v) is 5.91. The maximum absolute atomic E-state index is 12.2. The molecule has 0 heterocycles. The zero-order valence-corrected chi connectivity index (χ0v) is 13.4. The van der Waals surface area contributed by atoms with Crippen LogP contribution in [0.1, 0.15) is 40.7 Å². The first-order valence-corrected chi connectivity index (χ1v) is 7.93. The van der Waals surface area contributed by atoms with Gasteiger partial charge in [0, 0.05) is 12.0 Å². The van der Waals surface area contributed by atoms with Crippen LogP contribution in [0.5, 0.6) is 0 Å². The zero-order valence-electron chi connectivity index (χ0n) is 13.4. The van der Waals surface area contributed by atoms with E-state index >= 15 is 0 Å². The van der Waals surface area contributed by atoms with Crippen LogP contribution in [0.2, 0.25) is 0 Å². The van der Waals surface area contributed by atoms with Gasteiger partial charge in [0.2, 0.25) is 0 Å². The molecule has 0 aliphatic heterocycles. The third-order valence-corrected chi connectivity index (χ3v) is 4.02. The van der Waals surface area contributed by atoms with Crippen molar-refractivity contribution >= 4 is 11.8 Å². The predicted molar refractivity (Wildman–Crippen MR) is 90.6 cm³/mol. The molecule has 0 fully saturated rings. The van der Waals surface area contributed by atoms with Gasteiger partial charge >= 0.3 is 5.97 Å². The Morgan fingerprint density at radius 3 is 2.26 bits per heavy atom. The number of aliphatic carboxylic acids is 1. The van der Waals surface area contributed by atoms with Crippen molar-refractivity contribution in [3.8, 4) is 0 Å². The van der Waals surface area contributed by atoms with Crippen LogP contribution in [-0.2, 0) is 11.2 Å². The van der Waals surface area contributed by atoms with Crippen LogP contribution in [0.4, 0.5) is 0 Å². The Balaban J connectivity index is 1.89. The van der Waals surface area contributed by atoms with Gasteiger partial charge in [0.25, 0.3) is 0 Å². The van der Waals surface area contributed by atoms with Gasteiger partial charge in [-0.05, 0) is 31.7 Å². The number of carbonyl (C=O) groups excluding carboxylic acids is 1. The van der Waals surface area contributed by atoms with E-state index in [1.165, 1.54) is 5.56 Å². The number of carboxylic acid groups (broad SMARTS) is 1. The minimum Gasteiger partial charge on any atom is -0.481 e. The quantitative estimate of drug-likeness (QED) is 0.740. The number of carboxylic acids is 1. The minimum atomic E-state index is -0.890. The van der Waals surface area contributed by atoms with Crippen molar-refractivity contribution < 1.29 is 14.7 Å². The lowest BCUT2D eigenvalue weighted by Crippen LogP contribution is -2.18. The number of ketones is 1. The summed E-state index contributed by atoms with van der Waals surface area (Å²) in [6.45, 7) is 1.96. The first-order valence-electron chi connectivity index (χ1n) is 7.93. The minimum absolute atomic E-state index is 0.0627. The molecular formula is C20H22O3. The molecule has 0 bridgehead atoms. The van der Waals surface area contributed by atoms with E-state index in [1.807, 2.05) is 49.4 Å². The highest BCUT2D eigenvalue weighted by atomic mass is 16.4. The van der Waals surface area contributed by atoms with Gasteiger partial charge in [-0.3, -0.25) is 9.59 Å². The number of hydrogen-bond donors (Lipinski definition) is 1. The topological polar surface area (TPSA) is 54.4 Å². The Morgan fingerprint density at radius 1 is 1.00 bits per heavy atom. The van der Waals surface area contributed by atoms with E-state index in [0.29, 0.717) is 12.0 Å². The summed E-state index contributed by atoms with van der Waals surface area (Å²) in [5.74, 6) is -1.61. The molecule has 23 heavy (non-hydrogen) atoms. The standard InChI is InChI=1S/C20H22O3/c1-15-10-12-17(13-11-15)19(21)14-18(20(22)23)9-5-8-16-6-3-2-4-7-16/h2-4,6-7,10-13,18H,5,8-9,14H2,1H3,(H,22,23). The Kier molecular flexibility index (Phi) is 6.10. The highest BCUT2D eigenvalue weighted by molar-refractivity contribution is 5.97. The maximum Gasteiger partial charge on any atom is 0.306 e. The molecule has 2 aromatic carbocycles. The number of rotatable bonds is 8. The van der Waals surface area contributed by atoms with Crippen molar-refractivity contribution in [3.63, 3.8) is 0 Å². The molecule has 3 nitrogen and oxygen atoms in total. The normalized spacial score (nSPS) is 11.9. The van der Waals surface area contributed by atoms with Crippen LogP contribution in [0, 0.1) is 12.8 Å². The molecule has 2 rings (SSSR count). The molecular weight excluding hydrogens is 288 g/mol. The summed E-state index contributed by atoms with van der Waals surface area (Å²) in [4.78, 5) is 23.7. The molecule has 0 aromatic heterocycles. The second kappa shape index (κ2) is 8.28. The van der Waals surface area contributed by atoms with E-state index in [0.717, 1.165) is 18.4 Å². The SMILES string of the molecule is Cc1ccc(C(=O)CC(CCCc2ccccc2)C(=O)O)cc1. The molecule has 0 radical (unpaired) electrons. The average molecular weight is 310 g/mol. The van der Waals surface area contributed by atoms with Gasteiger partial charge in [-0.25, -0.2) is 0 Å². The summed E-state index contributed by atoms with van der Waals surface area (Å²) >= 11 is 0. The van der Waals surface area contributed by atoms with E-state index in [-0.39, 0.29) is 12.2 Å². The fourth-order valence-electron chi connectivity index (χ4n) is 2.59. The van der Waals surface area contributed by atoms with E-state index in [9.17, 15) is 14.7 Å². The molecule has 0 aliphatic carbocycles. The second-order valence-electron chi connectivity index (χ2n) is 5.91. The third-order valence-electron chi connectivity index (χ3n) is 4.02. The van der Waals surface area contributed by atoms with Crippen molar-refractivity contribution in [3.05, 3.63) is 71.3 Å². The molecule has 120 valence electrons. The Bertz CT molecular complexity index is 644. The Labute approximate surface area is 137 Å². The molecule has 1 N–H and O–H groups in total.